The highest BCUT2D eigenvalue weighted by Crippen LogP contribution is 2.36. The molecule has 16 heavy (non-hydrogen) atoms. The van der Waals surface area contributed by atoms with Crippen molar-refractivity contribution in [2.45, 2.75) is 31.5 Å². The van der Waals surface area contributed by atoms with Gasteiger partial charge in [0.1, 0.15) is 5.75 Å². The number of benzene rings is 1. The van der Waals surface area contributed by atoms with Crippen LogP contribution in [-0.2, 0) is 0 Å². The van der Waals surface area contributed by atoms with Crippen LogP contribution < -0.4 is 4.74 Å². The van der Waals surface area contributed by atoms with Gasteiger partial charge in [0.2, 0.25) is 0 Å². The first kappa shape index (κ1) is 13.9. The molecule has 0 bridgehead atoms. The highest BCUT2D eigenvalue weighted by atomic mass is 79.9. The normalized spacial score (nSPS) is 14.6. The van der Waals surface area contributed by atoms with Gasteiger partial charge in [-0.1, -0.05) is 53.9 Å². The number of alkyl halides is 1. The van der Waals surface area contributed by atoms with Gasteiger partial charge in [0.05, 0.1) is 12.1 Å². The number of halogens is 2. The Morgan fingerprint density at radius 3 is 2.62 bits per heavy atom. The molecule has 1 nitrogen and oxygen atoms in total. The zero-order valence-electron chi connectivity index (χ0n) is 9.97. The van der Waals surface area contributed by atoms with E-state index in [0.717, 1.165) is 5.75 Å². The standard InChI is InChI=1S/C13H18BrClO/c1-4-5-9(2)13(14)10-6-7-12(16-3)11(15)8-10/h6-9,13H,4-5H2,1-3H3. The lowest BCUT2D eigenvalue weighted by atomic mass is 9.97. The lowest BCUT2D eigenvalue weighted by molar-refractivity contribution is 0.414. The van der Waals surface area contributed by atoms with Crippen LogP contribution in [0, 0.1) is 5.92 Å². The topological polar surface area (TPSA) is 9.23 Å². The van der Waals surface area contributed by atoms with E-state index >= 15 is 0 Å². The molecule has 0 aliphatic rings. The van der Waals surface area contributed by atoms with Crippen molar-refractivity contribution >= 4 is 27.5 Å². The minimum Gasteiger partial charge on any atom is -0.495 e. The molecule has 0 saturated heterocycles. The quantitative estimate of drug-likeness (QED) is 0.678. The van der Waals surface area contributed by atoms with Gasteiger partial charge in [0.25, 0.3) is 0 Å². The maximum absolute atomic E-state index is 6.11. The van der Waals surface area contributed by atoms with Crippen LogP contribution in [-0.4, -0.2) is 7.11 Å². The van der Waals surface area contributed by atoms with E-state index in [-0.39, 0.29) is 0 Å². The van der Waals surface area contributed by atoms with Gasteiger partial charge in [-0.05, 0) is 30.0 Å². The van der Waals surface area contributed by atoms with E-state index in [0.29, 0.717) is 15.8 Å². The fraction of sp³-hybridized carbons (Fsp3) is 0.538. The Hall–Kier alpha value is -0.210. The van der Waals surface area contributed by atoms with E-state index in [9.17, 15) is 0 Å². The fourth-order valence-corrected chi connectivity index (χ4v) is 2.60. The third-order valence-electron chi connectivity index (χ3n) is 2.74. The van der Waals surface area contributed by atoms with Crippen molar-refractivity contribution in [1.82, 2.24) is 0 Å². The lowest BCUT2D eigenvalue weighted by Crippen LogP contribution is -2.03. The second-order valence-electron chi connectivity index (χ2n) is 4.06. The minimum atomic E-state index is 0.357. The molecular formula is C13H18BrClO. The highest BCUT2D eigenvalue weighted by Gasteiger charge is 2.16. The summed E-state index contributed by atoms with van der Waals surface area (Å²) in [4.78, 5) is 0.357. The van der Waals surface area contributed by atoms with Crippen LogP contribution in [0.1, 0.15) is 37.1 Å². The Kier molecular flexibility index (Phi) is 5.63. The summed E-state index contributed by atoms with van der Waals surface area (Å²) >= 11 is 9.84. The van der Waals surface area contributed by atoms with Crippen LogP contribution in [0.3, 0.4) is 0 Å². The second-order valence-corrected chi connectivity index (χ2v) is 5.46. The Labute approximate surface area is 111 Å². The molecule has 0 spiro atoms. The number of hydrogen-bond acceptors (Lipinski definition) is 1. The summed E-state index contributed by atoms with van der Waals surface area (Å²) in [5.41, 5.74) is 1.21. The van der Waals surface area contributed by atoms with Crippen LogP contribution >= 0.6 is 27.5 Å². The zero-order chi connectivity index (χ0) is 12.1. The van der Waals surface area contributed by atoms with Crippen LogP contribution in [0.15, 0.2) is 18.2 Å². The van der Waals surface area contributed by atoms with Crippen LogP contribution in [0.25, 0.3) is 0 Å². The number of hydrogen-bond donors (Lipinski definition) is 0. The molecule has 0 fully saturated rings. The SMILES string of the molecule is CCCC(C)C(Br)c1ccc(OC)c(Cl)c1. The van der Waals surface area contributed by atoms with Crippen molar-refractivity contribution in [2.24, 2.45) is 5.92 Å². The lowest BCUT2D eigenvalue weighted by Gasteiger charge is -2.18. The van der Waals surface area contributed by atoms with Gasteiger partial charge >= 0.3 is 0 Å². The Morgan fingerprint density at radius 1 is 1.44 bits per heavy atom. The average Bonchev–Trinajstić information content (AvgIpc) is 2.28. The predicted octanol–water partition coefficient (Wildman–Crippen LogP) is 5.22. The van der Waals surface area contributed by atoms with Crippen molar-refractivity contribution in [2.75, 3.05) is 7.11 Å². The molecule has 90 valence electrons. The van der Waals surface area contributed by atoms with Gasteiger partial charge in [-0.2, -0.15) is 0 Å². The molecule has 0 aliphatic carbocycles. The molecule has 0 aromatic heterocycles. The van der Waals surface area contributed by atoms with Crippen molar-refractivity contribution in [1.29, 1.82) is 0 Å². The van der Waals surface area contributed by atoms with Crippen LogP contribution in [0.2, 0.25) is 5.02 Å². The predicted molar refractivity (Wildman–Crippen MR) is 73.7 cm³/mol. The van der Waals surface area contributed by atoms with Crippen molar-refractivity contribution in [3.05, 3.63) is 28.8 Å². The number of methoxy groups -OCH3 is 1. The molecule has 0 saturated carbocycles. The molecule has 1 aromatic carbocycles. The first-order chi connectivity index (χ1) is 7.60. The van der Waals surface area contributed by atoms with Gasteiger partial charge in [0.15, 0.2) is 0 Å². The molecule has 2 atom stereocenters. The Bertz CT molecular complexity index is 341. The van der Waals surface area contributed by atoms with Gasteiger partial charge in [0, 0.05) is 4.83 Å². The molecule has 1 rings (SSSR count). The maximum Gasteiger partial charge on any atom is 0.137 e. The zero-order valence-corrected chi connectivity index (χ0v) is 12.3. The third-order valence-corrected chi connectivity index (χ3v) is 4.46. The van der Waals surface area contributed by atoms with E-state index in [1.165, 1.54) is 18.4 Å². The molecule has 2 unspecified atom stereocenters. The van der Waals surface area contributed by atoms with Crippen LogP contribution in [0.4, 0.5) is 0 Å². The first-order valence-electron chi connectivity index (χ1n) is 5.57. The van der Waals surface area contributed by atoms with Gasteiger partial charge < -0.3 is 4.74 Å². The largest absolute Gasteiger partial charge is 0.495 e. The molecule has 0 radical (unpaired) electrons. The van der Waals surface area contributed by atoms with E-state index < -0.39 is 0 Å². The summed E-state index contributed by atoms with van der Waals surface area (Å²) in [6.07, 6.45) is 2.41. The average molecular weight is 306 g/mol. The highest BCUT2D eigenvalue weighted by molar-refractivity contribution is 9.09. The number of rotatable bonds is 5. The van der Waals surface area contributed by atoms with E-state index in [2.05, 4.69) is 35.8 Å². The Morgan fingerprint density at radius 2 is 2.12 bits per heavy atom. The van der Waals surface area contributed by atoms with Gasteiger partial charge in [-0.15, -0.1) is 0 Å². The molecule has 1 aromatic rings. The fourth-order valence-electron chi connectivity index (χ4n) is 1.78. The van der Waals surface area contributed by atoms with Crippen LogP contribution in [0.5, 0.6) is 5.75 Å². The van der Waals surface area contributed by atoms with Crippen molar-refractivity contribution in [3.63, 3.8) is 0 Å². The van der Waals surface area contributed by atoms with E-state index in [1.807, 2.05) is 12.1 Å². The molecule has 0 aliphatic heterocycles. The van der Waals surface area contributed by atoms with Gasteiger partial charge in [-0.3, -0.25) is 0 Å². The number of ether oxygens (including phenoxy) is 1. The summed E-state index contributed by atoms with van der Waals surface area (Å²) in [6, 6.07) is 5.97. The minimum absolute atomic E-state index is 0.357. The summed E-state index contributed by atoms with van der Waals surface area (Å²) in [6.45, 7) is 4.46. The molecule has 3 heteroatoms. The van der Waals surface area contributed by atoms with E-state index in [1.54, 1.807) is 7.11 Å². The second kappa shape index (κ2) is 6.51. The van der Waals surface area contributed by atoms with Crippen molar-refractivity contribution in [3.8, 4) is 5.75 Å². The first-order valence-corrected chi connectivity index (χ1v) is 6.87. The van der Waals surface area contributed by atoms with Crippen molar-refractivity contribution < 1.29 is 4.74 Å². The summed E-state index contributed by atoms with van der Waals surface area (Å²) in [5.74, 6) is 1.34. The molecule has 0 N–H and O–H groups in total. The third kappa shape index (κ3) is 3.39. The monoisotopic (exact) mass is 304 g/mol. The van der Waals surface area contributed by atoms with Gasteiger partial charge in [-0.25, -0.2) is 0 Å². The van der Waals surface area contributed by atoms with E-state index in [4.69, 9.17) is 16.3 Å². The summed E-state index contributed by atoms with van der Waals surface area (Å²) < 4.78 is 5.14. The summed E-state index contributed by atoms with van der Waals surface area (Å²) in [5, 5.41) is 0.674. The Balaban J connectivity index is 2.84. The smallest absolute Gasteiger partial charge is 0.137 e. The maximum atomic E-state index is 6.11. The molecule has 0 heterocycles. The summed E-state index contributed by atoms with van der Waals surface area (Å²) in [7, 11) is 1.63. The molecular weight excluding hydrogens is 287 g/mol. The molecule has 0 amide bonds.